The van der Waals surface area contributed by atoms with E-state index in [2.05, 4.69) is 0 Å². The van der Waals surface area contributed by atoms with Gasteiger partial charge in [0.1, 0.15) is 0 Å². The molecule has 0 atom stereocenters. The van der Waals surface area contributed by atoms with Gasteiger partial charge in [-0.05, 0) is 12.8 Å². The Kier molecular flexibility index (Phi) is 16.3. The average Bonchev–Trinajstić information content (AvgIpc) is 2.33. The van der Waals surface area contributed by atoms with Crippen molar-refractivity contribution < 1.29 is 39.8 Å². The van der Waals surface area contributed by atoms with Gasteiger partial charge < -0.3 is 20.5 Å². The predicted octanol–water partition coefficient (Wildman–Crippen LogP) is 0.104. The summed E-state index contributed by atoms with van der Waals surface area (Å²) in [6.07, 6.45) is 1.94. The van der Waals surface area contributed by atoms with Crippen molar-refractivity contribution in [2.75, 3.05) is 26.3 Å². The Morgan fingerprint density at radius 1 is 1.08 bits per heavy atom. The molecule has 0 radical (unpaired) electrons. The monoisotopic (exact) mass is 286 g/mol. The molecule has 4 N–H and O–H groups in total. The maximum absolute atomic E-state index is 10.4. The van der Waals surface area contributed by atoms with Crippen LogP contribution in [0.3, 0.4) is 0 Å². The number of rotatable bonds is 1. The molecule has 0 saturated carbocycles. The third kappa shape index (κ3) is 13.0. The van der Waals surface area contributed by atoms with E-state index < -0.39 is 8.25 Å². The minimum absolute atomic E-state index is 0. The molecule has 0 amide bonds. The van der Waals surface area contributed by atoms with Crippen molar-refractivity contribution in [2.24, 2.45) is 11.5 Å². The van der Waals surface area contributed by atoms with E-state index in [9.17, 15) is 4.57 Å². The third-order valence-electron chi connectivity index (χ3n) is 1.15. The Balaban J connectivity index is 0. The van der Waals surface area contributed by atoms with Crippen molar-refractivity contribution in [3.63, 3.8) is 0 Å². The van der Waals surface area contributed by atoms with Gasteiger partial charge in [-0.1, -0.05) is 0 Å². The molecular weight excluding hydrogens is 270 g/mol. The summed E-state index contributed by atoms with van der Waals surface area (Å²) in [6.45, 7) is 2.38. The van der Waals surface area contributed by atoms with Crippen molar-refractivity contribution in [2.45, 2.75) is 12.8 Å². The zero-order chi connectivity index (χ0) is 9.23. The van der Waals surface area contributed by atoms with Crippen LogP contribution in [0, 0.1) is 0 Å². The Hall–Kier alpha value is 0.953. The Labute approximate surface area is 98.6 Å². The Bertz CT molecular complexity index is 116. The molecule has 13 heavy (non-hydrogen) atoms. The van der Waals surface area contributed by atoms with Crippen LogP contribution in [0.25, 0.3) is 0 Å². The molecule has 0 unspecified atom stereocenters. The van der Waals surface area contributed by atoms with Crippen LogP contribution in [0.15, 0.2) is 0 Å². The SMILES string of the molecule is NCCN.O=[PH]1OCCCCO1.[Zr]. The molecule has 1 rings (SSSR count). The van der Waals surface area contributed by atoms with Crippen LogP contribution >= 0.6 is 8.25 Å². The van der Waals surface area contributed by atoms with Crippen LogP contribution in [0.5, 0.6) is 0 Å². The van der Waals surface area contributed by atoms with Crippen molar-refractivity contribution >= 4 is 8.25 Å². The van der Waals surface area contributed by atoms with Gasteiger partial charge >= 0.3 is 8.25 Å². The quantitative estimate of drug-likeness (QED) is 0.668. The molecule has 7 heteroatoms. The molecule has 1 aliphatic rings. The predicted molar refractivity (Wildman–Crippen MR) is 48.2 cm³/mol. The second-order valence-electron chi connectivity index (χ2n) is 2.23. The first-order valence-electron chi connectivity index (χ1n) is 4.01. The van der Waals surface area contributed by atoms with E-state index in [1.807, 2.05) is 0 Å². The summed E-state index contributed by atoms with van der Waals surface area (Å²) in [5.41, 5.74) is 9.81. The van der Waals surface area contributed by atoms with Crippen molar-refractivity contribution in [1.82, 2.24) is 0 Å². The molecule has 1 aliphatic heterocycles. The van der Waals surface area contributed by atoms with Crippen molar-refractivity contribution in [3.05, 3.63) is 0 Å². The molecule has 0 aliphatic carbocycles. The normalized spacial score (nSPS) is 17.7. The molecule has 5 nitrogen and oxygen atoms in total. The summed E-state index contributed by atoms with van der Waals surface area (Å²) < 4.78 is 19.9. The van der Waals surface area contributed by atoms with Gasteiger partial charge in [-0.2, -0.15) is 0 Å². The van der Waals surface area contributed by atoms with Gasteiger partial charge in [0.15, 0.2) is 0 Å². The first kappa shape index (κ1) is 16.4. The van der Waals surface area contributed by atoms with Crippen molar-refractivity contribution in [1.29, 1.82) is 0 Å². The summed E-state index contributed by atoms with van der Waals surface area (Å²) in [5, 5.41) is 0. The van der Waals surface area contributed by atoms with Crippen LogP contribution < -0.4 is 11.5 Å². The fourth-order valence-electron chi connectivity index (χ4n) is 0.557. The number of hydrogen-bond donors (Lipinski definition) is 2. The van der Waals surface area contributed by atoms with Crippen LogP contribution in [-0.4, -0.2) is 26.3 Å². The van der Waals surface area contributed by atoms with Gasteiger partial charge in [-0.15, -0.1) is 0 Å². The van der Waals surface area contributed by atoms with E-state index >= 15 is 0 Å². The van der Waals surface area contributed by atoms with Crippen LogP contribution in [0.1, 0.15) is 12.8 Å². The summed E-state index contributed by atoms with van der Waals surface area (Å²) >= 11 is 0. The minimum Gasteiger partial charge on any atom is -0.329 e. The molecule has 1 fully saturated rings. The first-order chi connectivity index (χ1) is 5.81. The van der Waals surface area contributed by atoms with Crippen LogP contribution in [-0.2, 0) is 39.8 Å². The molecule has 0 aromatic rings. The Morgan fingerprint density at radius 3 is 1.77 bits per heavy atom. The van der Waals surface area contributed by atoms with Gasteiger partial charge in [-0.3, -0.25) is 4.57 Å². The Morgan fingerprint density at radius 2 is 1.46 bits per heavy atom. The molecule has 78 valence electrons. The van der Waals surface area contributed by atoms with Gasteiger partial charge in [0.2, 0.25) is 0 Å². The van der Waals surface area contributed by atoms with Gasteiger partial charge in [0.25, 0.3) is 0 Å². The maximum Gasteiger partial charge on any atom is 0.319 e. The van der Waals surface area contributed by atoms with E-state index in [4.69, 9.17) is 20.5 Å². The summed E-state index contributed by atoms with van der Waals surface area (Å²) in [5.74, 6) is 0. The second-order valence-corrected chi connectivity index (χ2v) is 3.31. The zero-order valence-corrected chi connectivity index (χ0v) is 11.1. The molecular formula is C6H17N2O3PZr. The molecule has 0 bridgehead atoms. The first-order valence-corrected chi connectivity index (χ1v) is 5.23. The number of hydrogen-bond acceptors (Lipinski definition) is 5. The van der Waals surface area contributed by atoms with E-state index in [1.165, 1.54) is 0 Å². The second kappa shape index (κ2) is 13.0. The fourth-order valence-corrected chi connectivity index (χ4v) is 1.26. The van der Waals surface area contributed by atoms with Crippen LogP contribution in [0.4, 0.5) is 0 Å². The van der Waals surface area contributed by atoms with E-state index in [-0.39, 0.29) is 26.2 Å². The standard InChI is InChI=1S/C4H9O3P.C2H8N2.Zr/c5-8-6-3-1-2-4-7-8;3-1-2-4;/h8H,1-4H2;1-4H2;. The summed E-state index contributed by atoms with van der Waals surface area (Å²) in [4.78, 5) is 0. The van der Waals surface area contributed by atoms with Gasteiger partial charge in [-0.25, -0.2) is 0 Å². The topological polar surface area (TPSA) is 87.6 Å². The third-order valence-corrected chi connectivity index (χ3v) is 2.02. The maximum atomic E-state index is 10.4. The smallest absolute Gasteiger partial charge is 0.319 e. The molecule has 1 heterocycles. The zero-order valence-electron chi connectivity index (χ0n) is 7.62. The summed E-state index contributed by atoms with van der Waals surface area (Å²) in [6, 6.07) is 0. The minimum atomic E-state index is -2.08. The molecule has 0 aromatic heterocycles. The largest absolute Gasteiger partial charge is 0.329 e. The van der Waals surface area contributed by atoms with E-state index in [0.717, 1.165) is 12.8 Å². The van der Waals surface area contributed by atoms with Crippen LogP contribution in [0.2, 0.25) is 0 Å². The van der Waals surface area contributed by atoms with E-state index in [1.54, 1.807) is 0 Å². The molecule has 0 aromatic carbocycles. The van der Waals surface area contributed by atoms with Gasteiger partial charge in [0, 0.05) is 39.3 Å². The van der Waals surface area contributed by atoms with E-state index in [0.29, 0.717) is 26.3 Å². The average molecular weight is 287 g/mol. The molecule has 0 spiro atoms. The summed E-state index contributed by atoms with van der Waals surface area (Å²) in [7, 11) is -2.08. The fraction of sp³-hybridized carbons (Fsp3) is 1.00. The number of nitrogens with two attached hydrogens (primary N) is 2. The molecule has 1 saturated heterocycles. The van der Waals surface area contributed by atoms with Gasteiger partial charge in [0.05, 0.1) is 13.2 Å². The van der Waals surface area contributed by atoms with Crippen molar-refractivity contribution in [3.8, 4) is 0 Å².